The molecule has 0 saturated carbocycles. The summed E-state index contributed by atoms with van der Waals surface area (Å²) in [5.41, 5.74) is 2.39. The van der Waals surface area contributed by atoms with Crippen molar-refractivity contribution in [2.24, 2.45) is 0 Å². The Kier molecular flexibility index (Phi) is 3.68. The van der Waals surface area contributed by atoms with Crippen LogP contribution in [0.3, 0.4) is 0 Å². The van der Waals surface area contributed by atoms with Crippen LogP contribution >= 0.6 is 0 Å². The van der Waals surface area contributed by atoms with Gasteiger partial charge in [0.15, 0.2) is 0 Å². The number of nitrogens with one attached hydrogen (secondary N) is 1. The number of methoxy groups -OCH3 is 1. The Morgan fingerprint density at radius 3 is 2.27 bits per heavy atom. The molecule has 5 nitrogen and oxygen atoms in total. The number of amides is 1. The number of carbonyl (C=O) groups excluding carboxylic acids is 2. The molecule has 0 aliphatic carbocycles. The molecule has 15 heavy (non-hydrogen) atoms. The maximum absolute atomic E-state index is 11.3. The molecule has 1 rings (SSSR count). The Hall–Kier alpha value is -2.04. The van der Waals surface area contributed by atoms with E-state index in [2.05, 4.69) is 4.84 Å². The third-order valence-electron chi connectivity index (χ3n) is 1.64. The van der Waals surface area contributed by atoms with Crippen LogP contribution in [-0.4, -0.2) is 19.0 Å². The smallest absolute Gasteiger partial charge is 0.329 e. The second kappa shape index (κ2) is 4.99. The van der Waals surface area contributed by atoms with Gasteiger partial charge >= 0.3 is 5.97 Å². The van der Waals surface area contributed by atoms with Gasteiger partial charge in [-0.15, -0.1) is 0 Å². The molecule has 1 aromatic rings. The molecular weight excluding hydrogens is 198 g/mol. The van der Waals surface area contributed by atoms with Crippen LogP contribution in [0, 0.1) is 0 Å². The van der Waals surface area contributed by atoms with Crippen molar-refractivity contribution in [3.8, 4) is 5.75 Å². The lowest BCUT2D eigenvalue weighted by Gasteiger charge is -2.04. The maximum Gasteiger partial charge on any atom is 0.329 e. The molecule has 0 saturated heterocycles. The second-order valence-corrected chi connectivity index (χ2v) is 2.75. The first-order chi connectivity index (χ1) is 7.13. The van der Waals surface area contributed by atoms with E-state index in [4.69, 9.17) is 4.74 Å². The summed E-state index contributed by atoms with van der Waals surface area (Å²) in [4.78, 5) is 26.1. The largest absolute Gasteiger partial charge is 0.497 e. The normalized spacial score (nSPS) is 9.20. The minimum absolute atomic E-state index is 0.386. The number of benzene rings is 1. The first kappa shape index (κ1) is 11.0. The zero-order chi connectivity index (χ0) is 11.3. The Labute approximate surface area is 86.9 Å². The quantitative estimate of drug-likeness (QED) is 0.735. The van der Waals surface area contributed by atoms with Gasteiger partial charge in [-0.1, -0.05) is 0 Å². The molecule has 5 heteroatoms. The average Bonchev–Trinajstić information content (AvgIpc) is 2.26. The van der Waals surface area contributed by atoms with Crippen molar-refractivity contribution in [2.75, 3.05) is 7.11 Å². The third-order valence-corrected chi connectivity index (χ3v) is 1.64. The second-order valence-electron chi connectivity index (χ2n) is 2.75. The molecule has 0 fully saturated rings. The highest BCUT2D eigenvalue weighted by Gasteiger charge is 2.06. The van der Waals surface area contributed by atoms with Gasteiger partial charge in [0, 0.05) is 12.5 Å². The molecule has 1 aromatic carbocycles. The average molecular weight is 209 g/mol. The van der Waals surface area contributed by atoms with E-state index in [0.29, 0.717) is 11.3 Å². The topological polar surface area (TPSA) is 64.6 Å². The van der Waals surface area contributed by atoms with Crippen molar-refractivity contribution in [3.05, 3.63) is 29.8 Å². The van der Waals surface area contributed by atoms with Crippen LogP contribution in [0.2, 0.25) is 0 Å². The van der Waals surface area contributed by atoms with E-state index in [9.17, 15) is 9.59 Å². The minimum Gasteiger partial charge on any atom is -0.497 e. The first-order valence-electron chi connectivity index (χ1n) is 4.25. The lowest BCUT2D eigenvalue weighted by molar-refractivity contribution is -0.146. The molecule has 0 aromatic heterocycles. The molecule has 80 valence electrons. The van der Waals surface area contributed by atoms with Gasteiger partial charge in [0.1, 0.15) is 5.75 Å². The summed E-state index contributed by atoms with van der Waals surface area (Å²) in [5, 5.41) is 0. The summed E-state index contributed by atoms with van der Waals surface area (Å²) in [5.74, 6) is -0.399. The van der Waals surface area contributed by atoms with Gasteiger partial charge in [-0.25, -0.2) is 0 Å². The van der Waals surface area contributed by atoms with E-state index >= 15 is 0 Å². The van der Waals surface area contributed by atoms with E-state index < -0.39 is 11.9 Å². The lowest BCUT2D eigenvalue weighted by atomic mass is 10.2. The van der Waals surface area contributed by atoms with E-state index in [1.165, 1.54) is 14.0 Å². The molecule has 0 aliphatic rings. The molecule has 1 amide bonds. The minimum atomic E-state index is -0.572. The SMILES string of the molecule is COc1ccc(C(=O)NOC(C)=O)cc1. The van der Waals surface area contributed by atoms with Crippen molar-refractivity contribution >= 4 is 11.9 Å². The fourth-order valence-corrected chi connectivity index (χ4v) is 0.920. The summed E-state index contributed by atoms with van der Waals surface area (Å²) in [6, 6.07) is 6.42. The summed E-state index contributed by atoms with van der Waals surface area (Å²) < 4.78 is 4.93. The van der Waals surface area contributed by atoms with E-state index in [1.807, 2.05) is 5.48 Å². The van der Waals surface area contributed by atoms with E-state index in [1.54, 1.807) is 24.3 Å². The molecule has 0 heterocycles. The van der Waals surface area contributed by atoms with Gasteiger partial charge in [-0.05, 0) is 24.3 Å². The lowest BCUT2D eigenvalue weighted by Crippen LogP contribution is -2.25. The van der Waals surface area contributed by atoms with Gasteiger partial charge in [0.25, 0.3) is 5.91 Å². The monoisotopic (exact) mass is 209 g/mol. The highest BCUT2D eigenvalue weighted by molar-refractivity contribution is 5.94. The summed E-state index contributed by atoms with van der Waals surface area (Å²) >= 11 is 0. The Morgan fingerprint density at radius 2 is 1.80 bits per heavy atom. The zero-order valence-corrected chi connectivity index (χ0v) is 8.44. The van der Waals surface area contributed by atoms with Crippen LogP contribution in [0.1, 0.15) is 17.3 Å². The third kappa shape index (κ3) is 3.30. The van der Waals surface area contributed by atoms with Crippen LogP contribution < -0.4 is 10.2 Å². The number of ether oxygens (including phenoxy) is 1. The molecule has 0 radical (unpaired) electrons. The highest BCUT2D eigenvalue weighted by Crippen LogP contribution is 2.10. The van der Waals surface area contributed by atoms with Gasteiger partial charge < -0.3 is 9.57 Å². The van der Waals surface area contributed by atoms with Crippen LogP contribution in [0.5, 0.6) is 5.75 Å². The van der Waals surface area contributed by atoms with Gasteiger partial charge in [0.05, 0.1) is 7.11 Å². The zero-order valence-electron chi connectivity index (χ0n) is 8.44. The Balaban J connectivity index is 2.62. The molecule has 0 bridgehead atoms. The fraction of sp³-hybridized carbons (Fsp3) is 0.200. The van der Waals surface area contributed by atoms with Crippen molar-refractivity contribution in [3.63, 3.8) is 0 Å². The summed E-state index contributed by atoms with van der Waals surface area (Å²) in [7, 11) is 1.54. The fourth-order valence-electron chi connectivity index (χ4n) is 0.920. The number of hydrogen-bond donors (Lipinski definition) is 1. The Morgan fingerprint density at radius 1 is 1.20 bits per heavy atom. The highest BCUT2D eigenvalue weighted by atomic mass is 16.7. The van der Waals surface area contributed by atoms with Crippen molar-refractivity contribution < 1.29 is 19.2 Å². The van der Waals surface area contributed by atoms with E-state index in [-0.39, 0.29) is 0 Å². The van der Waals surface area contributed by atoms with E-state index in [0.717, 1.165) is 0 Å². The summed E-state index contributed by atoms with van der Waals surface area (Å²) in [6.07, 6.45) is 0. The van der Waals surface area contributed by atoms with Crippen LogP contribution in [0.4, 0.5) is 0 Å². The molecule has 0 atom stereocenters. The number of hydroxylamine groups is 1. The van der Waals surface area contributed by atoms with Crippen LogP contribution in [-0.2, 0) is 9.63 Å². The first-order valence-corrected chi connectivity index (χ1v) is 4.25. The number of hydrogen-bond acceptors (Lipinski definition) is 4. The van der Waals surface area contributed by atoms with Crippen LogP contribution in [0.25, 0.3) is 0 Å². The van der Waals surface area contributed by atoms with Crippen molar-refractivity contribution in [2.45, 2.75) is 6.92 Å². The van der Waals surface area contributed by atoms with Crippen molar-refractivity contribution in [1.82, 2.24) is 5.48 Å². The number of rotatable bonds is 2. The predicted molar refractivity (Wildman–Crippen MR) is 52.2 cm³/mol. The molecule has 0 spiro atoms. The van der Waals surface area contributed by atoms with Gasteiger partial charge in [-0.3, -0.25) is 9.59 Å². The van der Waals surface area contributed by atoms with Crippen LogP contribution in [0.15, 0.2) is 24.3 Å². The number of carbonyl (C=O) groups is 2. The molecule has 1 N–H and O–H groups in total. The van der Waals surface area contributed by atoms with Gasteiger partial charge in [0.2, 0.25) is 0 Å². The Bertz CT molecular complexity index is 358. The standard InChI is InChI=1S/C10H11NO4/c1-7(12)15-11-10(13)8-3-5-9(14-2)6-4-8/h3-6H,1-2H3,(H,11,13). The molecule has 0 aliphatic heterocycles. The van der Waals surface area contributed by atoms with Gasteiger partial charge in [-0.2, -0.15) is 5.48 Å². The predicted octanol–water partition coefficient (Wildman–Crippen LogP) is 0.903. The van der Waals surface area contributed by atoms with Crippen molar-refractivity contribution in [1.29, 1.82) is 0 Å². The summed E-state index contributed by atoms with van der Waals surface area (Å²) in [6.45, 7) is 1.20. The molecule has 0 unspecified atom stereocenters. The molecular formula is C10H11NO4. The maximum atomic E-state index is 11.3.